The van der Waals surface area contributed by atoms with E-state index >= 15 is 0 Å². The number of fused-ring (bicyclic) bond motifs is 1. The van der Waals surface area contributed by atoms with Crippen LogP contribution in [0.2, 0.25) is 5.15 Å². The molecule has 1 aliphatic heterocycles. The van der Waals surface area contributed by atoms with E-state index in [0.29, 0.717) is 5.15 Å². The Hall–Kier alpha value is -0.750. The zero-order valence-electron chi connectivity index (χ0n) is 12.9. The number of hydrogen-bond donors (Lipinski definition) is 0. The van der Waals surface area contributed by atoms with Crippen molar-refractivity contribution in [3.63, 3.8) is 0 Å². The lowest BCUT2D eigenvalue weighted by Crippen LogP contribution is -2.47. The largest absolute Gasteiger partial charge is 0.373 e. The minimum absolute atomic E-state index is 0.109. The van der Waals surface area contributed by atoms with Crippen molar-refractivity contribution in [3.05, 3.63) is 21.4 Å². The Labute approximate surface area is 134 Å². The molecule has 0 aliphatic carbocycles. The molecule has 0 bridgehead atoms. The molecule has 4 nitrogen and oxygen atoms in total. The van der Waals surface area contributed by atoms with Crippen molar-refractivity contribution in [1.29, 1.82) is 0 Å². The fourth-order valence-electron chi connectivity index (χ4n) is 2.76. The molecule has 1 aliphatic rings. The smallest absolute Gasteiger partial charge is 0.145 e. The Balaban J connectivity index is 1.88. The number of hydrogen-bond acceptors (Lipinski definition) is 5. The van der Waals surface area contributed by atoms with Crippen molar-refractivity contribution in [2.45, 2.75) is 39.8 Å². The first kappa shape index (κ1) is 15.2. The Morgan fingerprint density at radius 2 is 2.10 bits per heavy atom. The summed E-state index contributed by atoms with van der Waals surface area (Å²) in [6, 6.07) is 0. The minimum atomic E-state index is -0.109. The molecule has 0 saturated carbocycles. The van der Waals surface area contributed by atoms with Gasteiger partial charge in [-0.25, -0.2) is 9.97 Å². The van der Waals surface area contributed by atoms with Crippen molar-refractivity contribution in [1.82, 2.24) is 14.9 Å². The molecule has 2 aromatic heterocycles. The Bertz CT molecular complexity index is 683. The van der Waals surface area contributed by atoms with Gasteiger partial charge in [-0.1, -0.05) is 11.6 Å². The van der Waals surface area contributed by atoms with Crippen molar-refractivity contribution in [3.8, 4) is 0 Å². The van der Waals surface area contributed by atoms with Gasteiger partial charge in [0.1, 0.15) is 15.8 Å². The number of aromatic nitrogens is 2. The zero-order chi connectivity index (χ0) is 15.2. The van der Waals surface area contributed by atoms with Gasteiger partial charge in [0, 0.05) is 18.0 Å². The molecule has 114 valence electrons. The highest BCUT2D eigenvalue weighted by atomic mass is 35.5. The fraction of sp³-hybridized carbons (Fsp3) is 0.600. The van der Waals surface area contributed by atoms with Crippen molar-refractivity contribution in [2.24, 2.45) is 0 Å². The van der Waals surface area contributed by atoms with Crippen LogP contribution in [0.1, 0.15) is 30.1 Å². The van der Waals surface area contributed by atoms with Crippen LogP contribution in [0.3, 0.4) is 0 Å². The van der Waals surface area contributed by atoms with Gasteiger partial charge in [-0.2, -0.15) is 0 Å². The molecule has 0 radical (unpaired) electrons. The van der Waals surface area contributed by atoms with Crippen LogP contribution in [-0.2, 0) is 11.3 Å². The van der Waals surface area contributed by atoms with Gasteiger partial charge in [0.25, 0.3) is 0 Å². The number of thiophene rings is 1. The van der Waals surface area contributed by atoms with E-state index in [1.165, 1.54) is 10.4 Å². The minimum Gasteiger partial charge on any atom is -0.373 e. The second kappa shape index (κ2) is 5.47. The van der Waals surface area contributed by atoms with E-state index in [1.54, 1.807) is 11.3 Å². The lowest BCUT2D eigenvalue weighted by Gasteiger charge is -2.37. The van der Waals surface area contributed by atoms with E-state index < -0.39 is 0 Å². The molecule has 21 heavy (non-hydrogen) atoms. The molecule has 0 atom stereocenters. The van der Waals surface area contributed by atoms with Gasteiger partial charge < -0.3 is 4.74 Å². The SMILES string of the molecule is Cc1sc2nc(CN3CCOC(C)(C)C3)nc(Cl)c2c1C. The summed E-state index contributed by atoms with van der Waals surface area (Å²) in [6.45, 7) is 11.7. The van der Waals surface area contributed by atoms with E-state index in [0.717, 1.165) is 42.3 Å². The number of halogens is 1. The van der Waals surface area contributed by atoms with Crippen LogP contribution in [0.5, 0.6) is 0 Å². The number of ether oxygens (including phenoxy) is 1. The fourth-order valence-corrected chi connectivity index (χ4v) is 4.19. The number of aryl methyl sites for hydroxylation is 2. The third-order valence-electron chi connectivity index (χ3n) is 3.90. The first-order chi connectivity index (χ1) is 9.85. The summed E-state index contributed by atoms with van der Waals surface area (Å²) in [4.78, 5) is 13.8. The van der Waals surface area contributed by atoms with Crippen LogP contribution < -0.4 is 0 Å². The predicted octanol–water partition coefficient (Wildman–Crippen LogP) is 3.57. The first-order valence-corrected chi connectivity index (χ1v) is 8.33. The van der Waals surface area contributed by atoms with Gasteiger partial charge in [-0.15, -0.1) is 11.3 Å². The monoisotopic (exact) mass is 325 g/mol. The predicted molar refractivity (Wildman–Crippen MR) is 87.2 cm³/mol. The van der Waals surface area contributed by atoms with Gasteiger partial charge >= 0.3 is 0 Å². The molecule has 3 heterocycles. The van der Waals surface area contributed by atoms with E-state index in [2.05, 4.69) is 37.6 Å². The van der Waals surface area contributed by atoms with E-state index in [-0.39, 0.29) is 5.60 Å². The zero-order valence-corrected chi connectivity index (χ0v) is 14.4. The highest BCUT2D eigenvalue weighted by Crippen LogP contribution is 2.33. The summed E-state index contributed by atoms with van der Waals surface area (Å²) in [5.74, 6) is 0.798. The number of morpholine rings is 1. The molecule has 0 aromatic carbocycles. The molecule has 2 aromatic rings. The van der Waals surface area contributed by atoms with E-state index in [9.17, 15) is 0 Å². The molecular formula is C15H20ClN3OS. The van der Waals surface area contributed by atoms with Gasteiger partial charge in [-0.05, 0) is 33.3 Å². The topological polar surface area (TPSA) is 38.2 Å². The first-order valence-electron chi connectivity index (χ1n) is 7.14. The van der Waals surface area contributed by atoms with Crippen molar-refractivity contribution < 1.29 is 4.74 Å². The molecule has 3 rings (SSSR count). The maximum atomic E-state index is 6.37. The van der Waals surface area contributed by atoms with Crippen molar-refractivity contribution >= 4 is 33.2 Å². The van der Waals surface area contributed by atoms with Gasteiger partial charge in [0.05, 0.1) is 24.1 Å². The van der Waals surface area contributed by atoms with Gasteiger partial charge in [0.2, 0.25) is 0 Å². The van der Waals surface area contributed by atoms with Crippen LogP contribution in [-0.4, -0.2) is 40.2 Å². The highest BCUT2D eigenvalue weighted by molar-refractivity contribution is 7.18. The summed E-state index contributed by atoms with van der Waals surface area (Å²) >= 11 is 8.06. The summed E-state index contributed by atoms with van der Waals surface area (Å²) in [7, 11) is 0. The van der Waals surface area contributed by atoms with Crippen LogP contribution in [0.25, 0.3) is 10.2 Å². The maximum Gasteiger partial charge on any atom is 0.145 e. The highest BCUT2D eigenvalue weighted by Gasteiger charge is 2.27. The third-order valence-corrected chi connectivity index (χ3v) is 5.28. The second-order valence-electron chi connectivity index (χ2n) is 6.21. The lowest BCUT2D eigenvalue weighted by molar-refractivity contribution is -0.0887. The van der Waals surface area contributed by atoms with Crippen LogP contribution >= 0.6 is 22.9 Å². The number of nitrogens with zero attached hydrogens (tertiary/aromatic N) is 3. The molecule has 0 unspecified atom stereocenters. The molecular weight excluding hydrogens is 306 g/mol. The maximum absolute atomic E-state index is 6.37. The molecule has 6 heteroatoms. The average molecular weight is 326 g/mol. The standard InChI is InChI=1S/C15H20ClN3OS/c1-9-10(2)21-14-12(9)13(16)17-11(18-14)7-19-5-6-20-15(3,4)8-19/h5-8H2,1-4H3. The summed E-state index contributed by atoms with van der Waals surface area (Å²) in [5, 5.41) is 1.58. The van der Waals surface area contributed by atoms with Crippen LogP contribution in [0.4, 0.5) is 0 Å². The van der Waals surface area contributed by atoms with E-state index in [1.807, 2.05) is 0 Å². The summed E-state index contributed by atoms with van der Waals surface area (Å²) < 4.78 is 5.74. The van der Waals surface area contributed by atoms with E-state index in [4.69, 9.17) is 21.3 Å². The second-order valence-corrected chi connectivity index (χ2v) is 7.77. The summed E-state index contributed by atoms with van der Waals surface area (Å²) in [6.07, 6.45) is 0. The Morgan fingerprint density at radius 3 is 2.81 bits per heavy atom. The quantitative estimate of drug-likeness (QED) is 0.791. The molecule has 1 saturated heterocycles. The van der Waals surface area contributed by atoms with Gasteiger partial charge in [0.15, 0.2) is 0 Å². The Kier molecular flexibility index (Phi) is 3.94. The van der Waals surface area contributed by atoms with Crippen molar-refractivity contribution in [2.75, 3.05) is 19.7 Å². The summed E-state index contributed by atoms with van der Waals surface area (Å²) in [5.41, 5.74) is 1.08. The average Bonchev–Trinajstić information content (AvgIpc) is 2.63. The molecule has 1 fully saturated rings. The normalized spacial score (nSPS) is 19.3. The lowest BCUT2D eigenvalue weighted by atomic mass is 10.1. The van der Waals surface area contributed by atoms with Gasteiger partial charge in [-0.3, -0.25) is 4.90 Å². The molecule has 0 spiro atoms. The third kappa shape index (κ3) is 3.06. The van der Waals surface area contributed by atoms with Crippen LogP contribution in [0, 0.1) is 13.8 Å². The van der Waals surface area contributed by atoms with Crippen LogP contribution in [0.15, 0.2) is 0 Å². The number of rotatable bonds is 2. The molecule has 0 amide bonds. The Morgan fingerprint density at radius 1 is 1.33 bits per heavy atom. The molecule has 0 N–H and O–H groups in total.